The van der Waals surface area contributed by atoms with Gasteiger partial charge in [-0.25, -0.2) is 4.79 Å². The van der Waals surface area contributed by atoms with Gasteiger partial charge in [0.15, 0.2) is 0 Å². The van der Waals surface area contributed by atoms with Gasteiger partial charge in [-0.05, 0) is 19.1 Å². The molecule has 2 amide bonds. The van der Waals surface area contributed by atoms with Crippen molar-refractivity contribution in [3.63, 3.8) is 0 Å². The van der Waals surface area contributed by atoms with Crippen LogP contribution in [0, 0.1) is 6.92 Å². The monoisotopic (exact) mass is 329 g/mol. The molecule has 0 atom stereocenters. The van der Waals surface area contributed by atoms with E-state index in [0.717, 1.165) is 19.6 Å². The first-order valence-corrected chi connectivity index (χ1v) is 7.45. The van der Waals surface area contributed by atoms with E-state index in [-0.39, 0.29) is 11.8 Å². The van der Waals surface area contributed by atoms with E-state index >= 15 is 0 Å². The lowest BCUT2D eigenvalue weighted by molar-refractivity contribution is -0.0502. The van der Waals surface area contributed by atoms with E-state index in [1.165, 1.54) is 6.07 Å². The number of benzene rings is 1. The summed E-state index contributed by atoms with van der Waals surface area (Å²) in [6.07, 6.45) is 0. The largest absolute Gasteiger partial charge is 0.434 e. The molecule has 1 fully saturated rings. The number of nitrogens with zero attached hydrogens (tertiary/aromatic N) is 1. The lowest BCUT2D eigenvalue weighted by Gasteiger charge is -2.26. The van der Waals surface area contributed by atoms with Crippen LogP contribution < -0.4 is 15.4 Å². The molecule has 2 N–H and O–H groups in total. The summed E-state index contributed by atoms with van der Waals surface area (Å²) < 4.78 is 34.3. The summed E-state index contributed by atoms with van der Waals surface area (Å²) in [6.45, 7) is 3.09. The highest BCUT2D eigenvalue weighted by atomic mass is 19.3. The molecule has 1 aromatic carbocycles. The molecule has 0 radical (unpaired) electrons. The van der Waals surface area contributed by atoms with Gasteiger partial charge >= 0.3 is 12.6 Å². The molecule has 0 unspecified atom stereocenters. The Morgan fingerprint density at radius 3 is 2.83 bits per heavy atom. The van der Waals surface area contributed by atoms with Crippen LogP contribution in [-0.4, -0.2) is 56.9 Å². The molecule has 0 spiro atoms. The Morgan fingerprint density at radius 1 is 1.39 bits per heavy atom. The number of amides is 2. The van der Waals surface area contributed by atoms with Crippen molar-refractivity contribution < 1.29 is 23.0 Å². The molecule has 1 aliphatic rings. The van der Waals surface area contributed by atoms with E-state index in [0.29, 0.717) is 31.0 Å². The first-order valence-electron chi connectivity index (χ1n) is 7.45. The number of halogens is 2. The maximum absolute atomic E-state index is 12.3. The van der Waals surface area contributed by atoms with Gasteiger partial charge in [0.2, 0.25) is 0 Å². The lowest BCUT2D eigenvalue weighted by Crippen LogP contribution is -2.42. The number of carbonyl (C=O) groups is 1. The number of alkyl halides is 2. The quantitative estimate of drug-likeness (QED) is 0.838. The molecule has 1 aromatic rings. The second-order valence-electron chi connectivity index (χ2n) is 5.14. The summed E-state index contributed by atoms with van der Waals surface area (Å²) in [7, 11) is 0. The van der Waals surface area contributed by atoms with E-state index in [1.54, 1.807) is 19.1 Å². The van der Waals surface area contributed by atoms with Gasteiger partial charge in [0.1, 0.15) is 5.75 Å². The molecule has 128 valence electrons. The number of ether oxygens (including phenoxy) is 2. The highest BCUT2D eigenvalue weighted by molar-refractivity contribution is 5.90. The summed E-state index contributed by atoms with van der Waals surface area (Å²) in [5, 5.41) is 5.39. The molecular weight excluding hydrogens is 308 g/mol. The molecule has 0 saturated carbocycles. The van der Waals surface area contributed by atoms with Crippen LogP contribution in [0.1, 0.15) is 5.56 Å². The van der Waals surface area contributed by atoms with Crippen LogP contribution >= 0.6 is 0 Å². The zero-order valence-corrected chi connectivity index (χ0v) is 13.0. The average Bonchev–Trinajstić information content (AvgIpc) is 2.52. The number of anilines is 1. The molecule has 8 heteroatoms. The fourth-order valence-corrected chi connectivity index (χ4v) is 2.29. The van der Waals surface area contributed by atoms with Crippen LogP contribution in [0.15, 0.2) is 18.2 Å². The van der Waals surface area contributed by atoms with Gasteiger partial charge in [0.25, 0.3) is 0 Å². The highest BCUT2D eigenvalue weighted by Gasteiger charge is 2.13. The van der Waals surface area contributed by atoms with Crippen molar-refractivity contribution in [3.05, 3.63) is 23.8 Å². The Balaban J connectivity index is 1.80. The van der Waals surface area contributed by atoms with Gasteiger partial charge in [-0.1, -0.05) is 6.07 Å². The molecular formula is C15H21F2N3O3. The first kappa shape index (κ1) is 17.4. The fraction of sp³-hybridized carbons (Fsp3) is 0.533. The number of hydrogen-bond donors (Lipinski definition) is 2. The molecule has 0 aliphatic carbocycles. The molecule has 1 saturated heterocycles. The minimum atomic E-state index is -2.90. The fourth-order valence-electron chi connectivity index (χ4n) is 2.29. The number of morpholine rings is 1. The normalized spacial score (nSPS) is 15.5. The maximum Gasteiger partial charge on any atom is 0.387 e. The zero-order chi connectivity index (χ0) is 16.7. The van der Waals surface area contributed by atoms with Crippen LogP contribution in [0.2, 0.25) is 0 Å². The minimum Gasteiger partial charge on any atom is -0.434 e. The van der Waals surface area contributed by atoms with E-state index in [4.69, 9.17) is 4.74 Å². The molecule has 1 aliphatic heterocycles. The summed E-state index contributed by atoms with van der Waals surface area (Å²) >= 11 is 0. The number of hydrogen-bond acceptors (Lipinski definition) is 4. The Hall–Kier alpha value is -1.93. The maximum atomic E-state index is 12.3. The van der Waals surface area contributed by atoms with E-state index in [2.05, 4.69) is 20.3 Å². The third kappa shape index (κ3) is 5.65. The van der Waals surface area contributed by atoms with Crippen molar-refractivity contribution in [2.75, 3.05) is 44.7 Å². The van der Waals surface area contributed by atoms with Crippen LogP contribution in [-0.2, 0) is 4.74 Å². The Bertz CT molecular complexity index is 523. The first-order chi connectivity index (χ1) is 11.1. The van der Waals surface area contributed by atoms with Gasteiger partial charge in [0.05, 0.1) is 13.2 Å². The van der Waals surface area contributed by atoms with Gasteiger partial charge < -0.3 is 20.1 Å². The summed E-state index contributed by atoms with van der Waals surface area (Å²) in [6, 6.07) is 4.24. The molecule has 6 nitrogen and oxygen atoms in total. The van der Waals surface area contributed by atoms with Crippen LogP contribution in [0.25, 0.3) is 0 Å². The second-order valence-corrected chi connectivity index (χ2v) is 5.14. The SMILES string of the molecule is Cc1c(NC(=O)NCCN2CCOCC2)cccc1OC(F)F. The number of rotatable bonds is 6. The topological polar surface area (TPSA) is 62.8 Å². The summed E-state index contributed by atoms with van der Waals surface area (Å²) in [5.41, 5.74) is 0.892. The molecule has 2 rings (SSSR count). The van der Waals surface area contributed by atoms with Crippen molar-refractivity contribution in [1.82, 2.24) is 10.2 Å². The molecule has 23 heavy (non-hydrogen) atoms. The van der Waals surface area contributed by atoms with Crippen molar-refractivity contribution in [3.8, 4) is 5.75 Å². The van der Waals surface area contributed by atoms with Gasteiger partial charge in [-0.3, -0.25) is 4.90 Å². The Labute approximate surface area is 133 Å². The van der Waals surface area contributed by atoms with Gasteiger partial charge in [-0.2, -0.15) is 8.78 Å². The third-order valence-corrected chi connectivity index (χ3v) is 3.57. The van der Waals surface area contributed by atoms with Crippen LogP contribution in [0.3, 0.4) is 0 Å². The molecule has 1 heterocycles. The minimum absolute atomic E-state index is 0.0473. The van der Waals surface area contributed by atoms with E-state index in [9.17, 15) is 13.6 Å². The van der Waals surface area contributed by atoms with E-state index < -0.39 is 6.61 Å². The number of carbonyl (C=O) groups excluding carboxylic acids is 1. The second kappa shape index (κ2) is 8.64. The predicted octanol–water partition coefficient (Wildman–Crippen LogP) is 2.05. The van der Waals surface area contributed by atoms with Gasteiger partial charge in [-0.15, -0.1) is 0 Å². The van der Waals surface area contributed by atoms with Crippen LogP contribution in [0.4, 0.5) is 19.3 Å². The summed E-state index contributed by atoms with van der Waals surface area (Å²) in [4.78, 5) is 14.1. The Kier molecular flexibility index (Phi) is 6.54. The summed E-state index contributed by atoms with van der Waals surface area (Å²) in [5.74, 6) is 0.0473. The average molecular weight is 329 g/mol. The number of nitrogens with one attached hydrogen (secondary N) is 2. The molecule has 0 bridgehead atoms. The zero-order valence-electron chi connectivity index (χ0n) is 13.0. The van der Waals surface area contributed by atoms with Gasteiger partial charge in [0, 0.05) is 37.4 Å². The van der Waals surface area contributed by atoms with Crippen molar-refractivity contribution >= 4 is 11.7 Å². The van der Waals surface area contributed by atoms with Crippen molar-refractivity contribution in [2.45, 2.75) is 13.5 Å². The highest BCUT2D eigenvalue weighted by Crippen LogP contribution is 2.26. The Morgan fingerprint density at radius 2 is 2.13 bits per heavy atom. The number of urea groups is 1. The predicted molar refractivity (Wildman–Crippen MR) is 82.1 cm³/mol. The third-order valence-electron chi connectivity index (χ3n) is 3.57. The van der Waals surface area contributed by atoms with Crippen LogP contribution in [0.5, 0.6) is 5.75 Å². The lowest BCUT2D eigenvalue weighted by atomic mass is 10.2. The molecule has 0 aromatic heterocycles. The van der Waals surface area contributed by atoms with Crippen molar-refractivity contribution in [2.24, 2.45) is 0 Å². The van der Waals surface area contributed by atoms with Crippen molar-refractivity contribution in [1.29, 1.82) is 0 Å². The van der Waals surface area contributed by atoms with E-state index in [1.807, 2.05) is 0 Å². The smallest absolute Gasteiger partial charge is 0.387 e. The standard InChI is InChI=1S/C15H21F2N3O3/c1-11-12(3-2-4-13(11)23-14(16)17)19-15(21)18-5-6-20-7-9-22-10-8-20/h2-4,14H,5-10H2,1H3,(H2,18,19,21).